The molecular weight excluding hydrogens is 653 g/mol. The summed E-state index contributed by atoms with van der Waals surface area (Å²) in [6, 6.07) is 6.15. The monoisotopic (exact) mass is 688 g/mol. The number of hydrogen-bond donors (Lipinski definition) is 1. The molecule has 6 rings (SSSR count). The van der Waals surface area contributed by atoms with Crippen LogP contribution in [0.25, 0.3) is 5.65 Å². The highest BCUT2D eigenvalue weighted by atomic mass is 32.2. The Balaban J connectivity index is 1.50. The molecule has 1 fully saturated rings. The van der Waals surface area contributed by atoms with Crippen molar-refractivity contribution in [2.75, 3.05) is 19.8 Å². The molecule has 16 heteroatoms. The predicted octanol–water partition coefficient (Wildman–Crippen LogP) is 4.70. The van der Waals surface area contributed by atoms with Gasteiger partial charge in [0.15, 0.2) is 5.65 Å². The largest absolute Gasteiger partial charge is 0.481 e. The second kappa shape index (κ2) is 11.5. The highest BCUT2D eigenvalue weighted by Gasteiger charge is 2.51. The standard InChI is InChI=1S/C32H35F3N6O6S/c1-19-23(8-12-41-25(19)38-39-27(41)32(33,34)35)30(5,29(3,4)28(42)43)22-15-21(20(2)37-16-22)17-40-18-31(9-13-46-14-10-31)47-26-24(48(40,44)45)7-6-11-36-26/h6-8,11-12,15-16H,9-10,13-14,17-18H2,1-5H3,(H,42,43)/t30-/m0/s1. The van der Waals surface area contributed by atoms with Crippen LogP contribution in [0.2, 0.25) is 0 Å². The lowest BCUT2D eigenvalue weighted by molar-refractivity contribution is -0.150. The average molecular weight is 689 g/mol. The van der Waals surface area contributed by atoms with Gasteiger partial charge in [-0.1, -0.05) is 13.0 Å². The van der Waals surface area contributed by atoms with Crippen LogP contribution in [0.3, 0.4) is 0 Å². The molecule has 0 amide bonds. The first-order chi connectivity index (χ1) is 22.4. The van der Waals surface area contributed by atoms with Crippen LogP contribution >= 0.6 is 0 Å². The number of sulfonamides is 1. The van der Waals surface area contributed by atoms with Crippen LogP contribution in [-0.4, -0.2) is 73.7 Å². The molecule has 4 aromatic heterocycles. The van der Waals surface area contributed by atoms with Gasteiger partial charge in [0.25, 0.3) is 0 Å². The number of pyridine rings is 3. The second-order valence-corrected chi connectivity index (χ2v) is 15.0. The van der Waals surface area contributed by atoms with E-state index in [0.717, 1.165) is 4.40 Å². The molecule has 48 heavy (non-hydrogen) atoms. The molecule has 1 atom stereocenters. The molecule has 0 radical (unpaired) electrons. The van der Waals surface area contributed by atoms with Crippen molar-refractivity contribution in [1.29, 1.82) is 0 Å². The van der Waals surface area contributed by atoms with Gasteiger partial charge < -0.3 is 14.6 Å². The van der Waals surface area contributed by atoms with Crippen LogP contribution in [0.15, 0.2) is 47.8 Å². The minimum atomic E-state index is -4.76. The van der Waals surface area contributed by atoms with E-state index in [2.05, 4.69) is 20.2 Å². The summed E-state index contributed by atoms with van der Waals surface area (Å²) in [6.45, 7) is 8.71. The molecule has 0 unspecified atom stereocenters. The fourth-order valence-electron chi connectivity index (χ4n) is 6.66. The van der Waals surface area contributed by atoms with Gasteiger partial charge in [-0.15, -0.1) is 10.2 Å². The Bertz CT molecular complexity index is 2030. The highest BCUT2D eigenvalue weighted by molar-refractivity contribution is 7.89. The SMILES string of the molecule is Cc1ncc([C@@](C)(c2ccn3c(C(F)(F)F)nnc3c2C)C(C)(C)C(=O)O)cc1CN1CC2(CCOCC2)Oc2ncccc2S1(=O)=O. The molecule has 1 saturated heterocycles. The minimum Gasteiger partial charge on any atom is -0.481 e. The molecule has 0 aromatic carbocycles. The number of fused-ring (bicyclic) bond motifs is 2. The quantitative estimate of drug-likeness (QED) is 0.302. The van der Waals surface area contributed by atoms with E-state index in [9.17, 15) is 31.5 Å². The Kier molecular flexibility index (Phi) is 8.07. The lowest BCUT2D eigenvalue weighted by Crippen LogP contribution is -2.50. The Morgan fingerprint density at radius 1 is 1.08 bits per heavy atom. The molecule has 0 bridgehead atoms. The van der Waals surface area contributed by atoms with Gasteiger partial charge in [0.2, 0.25) is 21.7 Å². The van der Waals surface area contributed by atoms with Crippen molar-refractivity contribution in [1.82, 2.24) is 28.9 Å². The molecular formula is C32H35F3N6O6S. The number of aromatic nitrogens is 5. The number of carboxylic acids is 1. The molecule has 4 aromatic rings. The van der Waals surface area contributed by atoms with Crippen molar-refractivity contribution in [3.8, 4) is 5.88 Å². The number of carboxylic acid groups (broad SMARTS) is 1. The maximum atomic E-state index is 14.1. The molecule has 2 aliphatic rings. The number of alkyl halides is 3. The van der Waals surface area contributed by atoms with E-state index in [-0.39, 0.29) is 29.5 Å². The third-order valence-electron chi connectivity index (χ3n) is 10.1. The number of halogens is 3. The molecule has 256 valence electrons. The average Bonchev–Trinajstić information content (AvgIpc) is 3.45. The number of aliphatic carboxylic acids is 1. The summed E-state index contributed by atoms with van der Waals surface area (Å²) in [7, 11) is -4.12. The van der Waals surface area contributed by atoms with Gasteiger partial charge in [-0.2, -0.15) is 17.5 Å². The Morgan fingerprint density at radius 2 is 1.79 bits per heavy atom. The molecule has 1 spiro atoms. The fourth-order valence-corrected chi connectivity index (χ4v) is 8.22. The number of carbonyl (C=O) groups is 1. The second-order valence-electron chi connectivity index (χ2n) is 13.1. The van der Waals surface area contributed by atoms with Gasteiger partial charge in [-0.25, -0.2) is 13.4 Å². The number of rotatable bonds is 6. The van der Waals surface area contributed by atoms with Crippen LogP contribution in [0.1, 0.15) is 67.4 Å². The van der Waals surface area contributed by atoms with E-state index < -0.39 is 44.4 Å². The molecule has 2 aliphatic heterocycles. The first-order valence-electron chi connectivity index (χ1n) is 15.3. The van der Waals surface area contributed by atoms with Crippen molar-refractivity contribution >= 4 is 21.6 Å². The zero-order valence-corrected chi connectivity index (χ0v) is 27.8. The smallest absolute Gasteiger partial charge is 0.452 e. The van der Waals surface area contributed by atoms with Crippen molar-refractivity contribution < 1.29 is 41.0 Å². The minimum absolute atomic E-state index is 0.0147. The molecule has 6 heterocycles. The van der Waals surface area contributed by atoms with Crippen LogP contribution in [0.5, 0.6) is 5.88 Å². The van der Waals surface area contributed by atoms with Crippen molar-refractivity contribution in [3.05, 3.63) is 76.6 Å². The first kappa shape index (κ1) is 33.7. The summed E-state index contributed by atoms with van der Waals surface area (Å²) >= 11 is 0. The van der Waals surface area contributed by atoms with Crippen LogP contribution in [0.4, 0.5) is 13.2 Å². The number of hydrogen-bond acceptors (Lipinski definition) is 9. The van der Waals surface area contributed by atoms with Gasteiger partial charge in [0, 0.05) is 49.1 Å². The van der Waals surface area contributed by atoms with Crippen LogP contribution in [0, 0.1) is 19.3 Å². The number of aryl methyl sites for hydroxylation is 2. The maximum absolute atomic E-state index is 14.1. The third-order valence-corrected chi connectivity index (χ3v) is 11.9. The number of nitrogens with zero attached hydrogens (tertiary/aromatic N) is 6. The van der Waals surface area contributed by atoms with Gasteiger partial charge >= 0.3 is 12.1 Å². The summed E-state index contributed by atoms with van der Waals surface area (Å²) < 4.78 is 83.3. The highest BCUT2D eigenvalue weighted by Crippen LogP contribution is 2.49. The zero-order chi connectivity index (χ0) is 34.9. The van der Waals surface area contributed by atoms with E-state index in [1.165, 1.54) is 54.9 Å². The first-order valence-corrected chi connectivity index (χ1v) is 16.7. The van der Waals surface area contributed by atoms with E-state index in [1.807, 2.05) is 0 Å². The lowest BCUT2D eigenvalue weighted by atomic mass is 9.59. The third kappa shape index (κ3) is 5.29. The molecule has 1 N–H and O–H groups in total. The zero-order valence-electron chi connectivity index (χ0n) is 27.0. The van der Waals surface area contributed by atoms with E-state index >= 15 is 0 Å². The van der Waals surface area contributed by atoms with Crippen LogP contribution in [-0.2, 0) is 37.7 Å². The summed E-state index contributed by atoms with van der Waals surface area (Å²) in [5.74, 6) is -2.34. The number of ether oxygens (including phenoxy) is 2. The van der Waals surface area contributed by atoms with Crippen LogP contribution < -0.4 is 4.74 Å². The molecule has 12 nitrogen and oxygen atoms in total. The summed E-state index contributed by atoms with van der Waals surface area (Å²) in [5.41, 5.74) is -1.75. The maximum Gasteiger partial charge on any atom is 0.452 e. The Labute approximate surface area is 275 Å². The predicted molar refractivity (Wildman–Crippen MR) is 165 cm³/mol. The summed E-state index contributed by atoms with van der Waals surface area (Å²) in [5, 5.41) is 17.7. The van der Waals surface area contributed by atoms with E-state index in [0.29, 0.717) is 54.0 Å². The Hall–Kier alpha value is -4.15. The van der Waals surface area contributed by atoms with Gasteiger partial charge in [-0.05, 0) is 68.1 Å². The van der Waals surface area contributed by atoms with Gasteiger partial charge in [0.05, 0.1) is 25.2 Å². The van der Waals surface area contributed by atoms with Crippen molar-refractivity contribution in [3.63, 3.8) is 0 Å². The van der Waals surface area contributed by atoms with E-state index in [4.69, 9.17) is 9.47 Å². The fraction of sp³-hybridized carbons (Fsp3) is 0.469. The normalized spacial score (nSPS) is 19.3. The summed E-state index contributed by atoms with van der Waals surface area (Å²) in [4.78, 5) is 21.7. The summed E-state index contributed by atoms with van der Waals surface area (Å²) in [6.07, 6.45) is 0.308. The molecule has 0 saturated carbocycles. The van der Waals surface area contributed by atoms with E-state index in [1.54, 1.807) is 26.8 Å². The lowest BCUT2D eigenvalue weighted by Gasteiger charge is -2.43. The van der Waals surface area contributed by atoms with Crippen molar-refractivity contribution in [2.45, 2.75) is 76.1 Å². The molecule has 0 aliphatic carbocycles. The van der Waals surface area contributed by atoms with Crippen molar-refractivity contribution in [2.24, 2.45) is 5.41 Å². The van der Waals surface area contributed by atoms with Gasteiger partial charge in [-0.3, -0.25) is 14.2 Å². The Morgan fingerprint density at radius 3 is 2.46 bits per heavy atom. The van der Waals surface area contributed by atoms with Gasteiger partial charge in [0.1, 0.15) is 10.5 Å². The topological polar surface area (TPSA) is 149 Å².